The Labute approximate surface area is 135 Å². The molecule has 1 aliphatic rings. The van der Waals surface area contributed by atoms with Crippen LogP contribution in [0.5, 0.6) is 5.75 Å². The molecular weight excluding hydrogens is 272 g/mol. The second-order valence-electron chi connectivity index (χ2n) is 6.86. The van der Waals surface area contributed by atoms with E-state index in [-0.39, 0.29) is 0 Å². The van der Waals surface area contributed by atoms with Gasteiger partial charge in [-0.3, -0.25) is 4.90 Å². The second-order valence-corrected chi connectivity index (χ2v) is 6.86. The molecule has 0 bridgehead atoms. The lowest BCUT2D eigenvalue weighted by atomic mass is 9.90. The number of methoxy groups -OCH3 is 1. The summed E-state index contributed by atoms with van der Waals surface area (Å²) in [4.78, 5) is 2.68. The highest BCUT2D eigenvalue weighted by molar-refractivity contribution is 5.28. The number of nitrogens with two attached hydrogens (primary N) is 1. The normalized spacial score (nSPS) is 23.5. The first-order valence-corrected chi connectivity index (χ1v) is 8.75. The van der Waals surface area contributed by atoms with Gasteiger partial charge in [0, 0.05) is 25.2 Å². The molecule has 0 aromatic heterocycles. The molecule has 1 atom stereocenters. The average molecular weight is 304 g/mol. The first-order chi connectivity index (χ1) is 10.6. The van der Waals surface area contributed by atoms with E-state index >= 15 is 0 Å². The zero-order chi connectivity index (χ0) is 15.9. The third kappa shape index (κ3) is 4.99. The van der Waals surface area contributed by atoms with E-state index in [1.807, 2.05) is 6.07 Å². The number of ether oxygens (including phenoxy) is 1. The molecule has 1 aromatic carbocycles. The predicted octanol–water partition coefficient (Wildman–Crippen LogP) is 3.81. The van der Waals surface area contributed by atoms with Crippen molar-refractivity contribution in [2.45, 2.75) is 64.6 Å². The first kappa shape index (κ1) is 17.3. The van der Waals surface area contributed by atoms with Crippen LogP contribution in [-0.2, 0) is 6.54 Å². The molecule has 1 saturated carbocycles. The standard InChI is InChI=1S/C19H32N2O/c1-4-15(2)13-21(18-10-8-17(20)9-11-18)14-16-6-5-7-19(12-16)22-3/h5-7,12,15,17-18H,4,8-11,13-14,20H2,1-3H3. The van der Waals surface area contributed by atoms with Crippen LogP contribution in [0, 0.1) is 5.92 Å². The maximum absolute atomic E-state index is 6.08. The fourth-order valence-corrected chi connectivity index (χ4v) is 3.34. The van der Waals surface area contributed by atoms with Crippen LogP contribution in [0.25, 0.3) is 0 Å². The van der Waals surface area contributed by atoms with Gasteiger partial charge in [0.05, 0.1) is 7.11 Å². The fraction of sp³-hybridized carbons (Fsp3) is 0.684. The Bertz CT molecular complexity index is 441. The minimum atomic E-state index is 0.415. The van der Waals surface area contributed by atoms with Gasteiger partial charge >= 0.3 is 0 Å². The topological polar surface area (TPSA) is 38.5 Å². The largest absolute Gasteiger partial charge is 0.497 e. The van der Waals surface area contributed by atoms with Crippen molar-refractivity contribution in [2.24, 2.45) is 11.7 Å². The minimum Gasteiger partial charge on any atom is -0.497 e. The number of rotatable bonds is 7. The average Bonchev–Trinajstić information content (AvgIpc) is 2.55. The molecule has 3 heteroatoms. The summed E-state index contributed by atoms with van der Waals surface area (Å²) >= 11 is 0. The van der Waals surface area contributed by atoms with E-state index in [9.17, 15) is 0 Å². The van der Waals surface area contributed by atoms with Crippen molar-refractivity contribution in [3.63, 3.8) is 0 Å². The Morgan fingerprint density at radius 3 is 2.64 bits per heavy atom. The van der Waals surface area contributed by atoms with Crippen LogP contribution in [0.3, 0.4) is 0 Å². The molecule has 1 unspecified atom stereocenters. The van der Waals surface area contributed by atoms with Crippen molar-refractivity contribution in [3.8, 4) is 5.75 Å². The zero-order valence-electron chi connectivity index (χ0n) is 14.4. The van der Waals surface area contributed by atoms with Crippen molar-refractivity contribution in [1.82, 2.24) is 4.90 Å². The van der Waals surface area contributed by atoms with Crippen LogP contribution in [0.15, 0.2) is 24.3 Å². The molecule has 2 N–H and O–H groups in total. The molecule has 0 spiro atoms. The van der Waals surface area contributed by atoms with Crippen molar-refractivity contribution in [1.29, 1.82) is 0 Å². The summed E-state index contributed by atoms with van der Waals surface area (Å²) in [5, 5.41) is 0. The first-order valence-electron chi connectivity index (χ1n) is 8.75. The molecule has 1 aliphatic carbocycles. The molecule has 3 nitrogen and oxygen atoms in total. The van der Waals surface area contributed by atoms with E-state index in [1.54, 1.807) is 7.11 Å². The number of hydrogen-bond donors (Lipinski definition) is 1. The Morgan fingerprint density at radius 1 is 1.27 bits per heavy atom. The van der Waals surface area contributed by atoms with Gasteiger partial charge in [0.25, 0.3) is 0 Å². The summed E-state index contributed by atoms with van der Waals surface area (Å²) in [6.45, 7) is 6.83. The van der Waals surface area contributed by atoms with Gasteiger partial charge in [-0.2, -0.15) is 0 Å². The lowest BCUT2D eigenvalue weighted by molar-refractivity contribution is 0.122. The van der Waals surface area contributed by atoms with Crippen molar-refractivity contribution in [2.75, 3.05) is 13.7 Å². The van der Waals surface area contributed by atoms with Gasteiger partial charge in [-0.25, -0.2) is 0 Å². The number of nitrogens with zero attached hydrogens (tertiary/aromatic N) is 1. The second kappa shape index (κ2) is 8.54. The van der Waals surface area contributed by atoms with E-state index < -0.39 is 0 Å². The van der Waals surface area contributed by atoms with E-state index in [1.165, 1.54) is 44.2 Å². The summed E-state index contributed by atoms with van der Waals surface area (Å²) in [5.41, 5.74) is 7.42. The molecule has 22 heavy (non-hydrogen) atoms. The summed E-state index contributed by atoms with van der Waals surface area (Å²) in [7, 11) is 1.73. The highest BCUT2D eigenvalue weighted by Crippen LogP contribution is 2.25. The molecule has 1 fully saturated rings. The summed E-state index contributed by atoms with van der Waals surface area (Å²) in [6, 6.07) is 9.58. The van der Waals surface area contributed by atoms with Crippen LogP contribution in [0.1, 0.15) is 51.5 Å². The highest BCUT2D eigenvalue weighted by Gasteiger charge is 2.25. The van der Waals surface area contributed by atoms with Gasteiger partial charge in [0.15, 0.2) is 0 Å². The van der Waals surface area contributed by atoms with E-state index in [0.29, 0.717) is 12.1 Å². The summed E-state index contributed by atoms with van der Waals surface area (Å²) in [6.07, 6.45) is 6.05. The molecule has 0 saturated heterocycles. The molecule has 0 heterocycles. The van der Waals surface area contributed by atoms with Crippen molar-refractivity contribution < 1.29 is 4.74 Å². The quantitative estimate of drug-likeness (QED) is 0.832. The fourth-order valence-electron chi connectivity index (χ4n) is 3.34. The lowest BCUT2D eigenvalue weighted by Crippen LogP contribution is -2.42. The Hall–Kier alpha value is -1.06. The van der Waals surface area contributed by atoms with Crippen LogP contribution < -0.4 is 10.5 Å². The van der Waals surface area contributed by atoms with E-state index in [4.69, 9.17) is 10.5 Å². The van der Waals surface area contributed by atoms with E-state index in [2.05, 4.69) is 36.9 Å². The third-order valence-corrected chi connectivity index (χ3v) is 5.02. The SMILES string of the molecule is CCC(C)CN(Cc1cccc(OC)c1)C1CCC(N)CC1. The van der Waals surface area contributed by atoms with Crippen molar-refractivity contribution >= 4 is 0 Å². The predicted molar refractivity (Wildman–Crippen MR) is 93.1 cm³/mol. The minimum absolute atomic E-state index is 0.415. The molecule has 124 valence electrons. The monoisotopic (exact) mass is 304 g/mol. The summed E-state index contributed by atoms with van der Waals surface area (Å²) < 4.78 is 5.36. The van der Waals surface area contributed by atoms with Crippen LogP contribution in [-0.4, -0.2) is 30.6 Å². The van der Waals surface area contributed by atoms with Gasteiger partial charge in [0.2, 0.25) is 0 Å². The van der Waals surface area contributed by atoms with Gasteiger partial charge < -0.3 is 10.5 Å². The molecular formula is C19H32N2O. The Morgan fingerprint density at radius 2 is 2.00 bits per heavy atom. The smallest absolute Gasteiger partial charge is 0.119 e. The van der Waals surface area contributed by atoms with Crippen LogP contribution in [0.2, 0.25) is 0 Å². The van der Waals surface area contributed by atoms with E-state index in [0.717, 1.165) is 18.2 Å². The molecule has 1 aromatic rings. The Kier molecular flexibility index (Phi) is 6.71. The van der Waals surface area contributed by atoms with Crippen LogP contribution >= 0.6 is 0 Å². The number of hydrogen-bond acceptors (Lipinski definition) is 3. The molecule has 2 rings (SSSR count). The zero-order valence-corrected chi connectivity index (χ0v) is 14.4. The molecule has 0 aliphatic heterocycles. The van der Waals surface area contributed by atoms with Gasteiger partial charge in [-0.1, -0.05) is 32.4 Å². The lowest BCUT2D eigenvalue weighted by Gasteiger charge is -2.37. The van der Waals surface area contributed by atoms with Crippen LogP contribution in [0.4, 0.5) is 0 Å². The maximum atomic E-state index is 6.08. The number of benzene rings is 1. The third-order valence-electron chi connectivity index (χ3n) is 5.02. The Balaban J connectivity index is 2.06. The highest BCUT2D eigenvalue weighted by atomic mass is 16.5. The molecule has 0 amide bonds. The summed E-state index contributed by atoms with van der Waals surface area (Å²) in [5.74, 6) is 1.69. The van der Waals surface area contributed by atoms with Gasteiger partial charge in [0.1, 0.15) is 5.75 Å². The van der Waals surface area contributed by atoms with Crippen molar-refractivity contribution in [3.05, 3.63) is 29.8 Å². The van der Waals surface area contributed by atoms with Gasteiger partial charge in [-0.05, 0) is 49.3 Å². The maximum Gasteiger partial charge on any atom is 0.119 e. The van der Waals surface area contributed by atoms with Gasteiger partial charge in [-0.15, -0.1) is 0 Å². The molecule has 0 radical (unpaired) electrons.